The second-order valence-corrected chi connectivity index (χ2v) is 3.54. The van der Waals surface area contributed by atoms with Gasteiger partial charge in [-0.2, -0.15) is 0 Å². The Labute approximate surface area is 89.7 Å². The Morgan fingerprint density at radius 1 is 1.33 bits per heavy atom. The summed E-state index contributed by atoms with van der Waals surface area (Å²) < 4.78 is 4.88. The number of hydrogen-bond acceptors (Lipinski definition) is 3. The molecular formula is C12H16O3. The number of carbonyl (C=O) groups is 1. The van der Waals surface area contributed by atoms with E-state index in [4.69, 9.17) is 4.74 Å². The van der Waals surface area contributed by atoms with Crippen molar-refractivity contribution >= 4 is 5.97 Å². The quantitative estimate of drug-likeness (QED) is 0.774. The molecule has 1 aromatic rings. The molecule has 0 aliphatic heterocycles. The molecular weight excluding hydrogens is 192 g/mol. The van der Waals surface area contributed by atoms with E-state index in [1.54, 1.807) is 19.1 Å². The summed E-state index contributed by atoms with van der Waals surface area (Å²) in [6, 6.07) is 3.31. The summed E-state index contributed by atoms with van der Waals surface area (Å²) in [7, 11) is 0. The summed E-state index contributed by atoms with van der Waals surface area (Å²) in [4.78, 5) is 11.3. The van der Waals surface area contributed by atoms with Crippen LogP contribution in [0.25, 0.3) is 0 Å². The van der Waals surface area contributed by atoms with E-state index >= 15 is 0 Å². The summed E-state index contributed by atoms with van der Waals surface area (Å²) in [5.74, 6) is 0.00648. The summed E-state index contributed by atoms with van der Waals surface area (Å²) in [5.41, 5.74) is 2.77. The van der Waals surface area contributed by atoms with Gasteiger partial charge in [0.05, 0.1) is 13.0 Å². The molecule has 82 valence electrons. The highest BCUT2D eigenvalue weighted by atomic mass is 16.5. The Bertz CT molecular complexity index is 346. The highest BCUT2D eigenvalue weighted by Crippen LogP contribution is 2.21. The zero-order valence-corrected chi connectivity index (χ0v) is 9.33. The van der Waals surface area contributed by atoms with Crippen molar-refractivity contribution in [2.75, 3.05) is 6.61 Å². The van der Waals surface area contributed by atoms with Crippen LogP contribution in [0, 0.1) is 13.8 Å². The lowest BCUT2D eigenvalue weighted by molar-refractivity contribution is -0.142. The lowest BCUT2D eigenvalue weighted by Crippen LogP contribution is -2.09. The molecule has 1 aromatic carbocycles. The molecule has 0 aromatic heterocycles. The molecule has 0 saturated carbocycles. The van der Waals surface area contributed by atoms with Gasteiger partial charge in [-0.25, -0.2) is 0 Å². The first-order chi connectivity index (χ1) is 7.04. The molecule has 0 amide bonds. The van der Waals surface area contributed by atoms with E-state index in [0.29, 0.717) is 6.61 Å². The van der Waals surface area contributed by atoms with Crippen LogP contribution in [0.2, 0.25) is 0 Å². The summed E-state index contributed by atoms with van der Waals surface area (Å²) in [6.07, 6.45) is 0.270. The lowest BCUT2D eigenvalue weighted by atomic mass is 10.00. The number of esters is 1. The molecule has 0 saturated heterocycles. The van der Waals surface area contributed by atoms with Crippen molar-refractivity contribution in [1.82, 2.24) is 0 Å². The summed E-state index contributed by atoms with van der Waals surface area (Å²) in [6.45, 7) is 5.94. The fraction of sp³-hybridized carbons (Fsp3) is 0.417. The average molecular weight is 208 g/mol. The normalized spacial score (nSPS) is 10.1. The van der Waals surface area contributed by atoms with E-state index in [0.717, 1.165) is 16.7 Å². The molecule has 0 atom stereocenters. The van der Waals surface area contributed by atoms with Crippen LogP contribution < -0.4 is 0 Å². The predicted molar refractivity (Wildman–Crippen MR) is 57.9 cm³/mol. The van der Waals surface area contributed by atoms with Gasteiger partial charge >= 0.3 is 5.97 Å². The number of benzene rings is 1. The molecule has 0 bridgehead atoms. The van der Waals surface area contributed by atoms with Crippen LogP contribution in [0.15, 0.2) is 12.1 Å². The number of hydrogen-bond donors (Lipinski definition) is 1. The highest BCUT2D eigenvalue weighted by Gasteiger charge is 2.10. The monoisotopic (exact) mass is 208 g/mol. The van der Waals surface area contributed by atoms with Crippen LogP contribution in [0.3, 0.4) is 0 Å². The van der Waals surface area contributed by atoms with Crippen LogP contribution in [0.1, 0.15) is 23.6 Å². The van der Waals surface area contributed by atoms with Crippen molar-refractivity contribution in [3.63, 3.8) is 0 Å². The minimum Gasteiger partial charge on any atom is -0.508 e. The van der Waals surface area contributed by atoms with Gasteiger partial charge in [-0.1, -0.05) is 0 Å². The number of aromatic hydroxyl groups is 1. The average Bonchev–Trinajstić information content (AvgIpc) is 2.11. The van der Waals surface area contributed by atoms with Gasteiger partial charge in [-0.3, -0.25) is 4.79 Å². The molecule has 1 N–H and O–H groups in total. The molecule has 0 unspecified atom stereocenters. The first kappa shape index (κ1) is 11.6. The Balaban J connectivity index is 2.90. The molecule has 0 radical (unpaired) electrons. The van der Waals surface area contributed by atoms with Gasteiger partial charge in [-0.15, -0.1) is 0 Å². The topological polar surface area (TPSA) is 46.5 Å². The molecule has 0 fully saturated rings. The van der Waals surface area contributed by atoms with Gasteiger partial charge in [0.1, 0.15) is 5.75 Å². The summed E-state index contributed by atoms with van der Waals surface area (Å²) in [5, 5.41) is 9.34. The second-order valence-electron chi connectivity index (χ2n) is 3.54. The molecule has 1 rings (SSSR count). The fourth-order valence-electron chi connectivity index (χ4n) is 1.61. The Kier molecular flexibility index (Phi) is 3.72. The first-order valence-electron chi connectivity index (χ1n) is 4.99. The molecule has 3 nitrogen and oxygen atoms in total. The van der Waals surface area contributed by atoms with Crippen molar-refractivity contribution in [2.24, 2.45) is 0 Å². The number of phenolic OH excluding ortho intramolecular Hbond substituents is 1. The van der Waals surface area contributed by atoms with Crippen molar-refractivity contribution in [3.8, 4) is 5.75 Å². The maximum Gasteiger partial charge on any atom is 0.310 e. The van der Waals surface area contributed by atoms with Gasteiger partial charge in [0.15, 0.2) is 0 Å². The van der Waals surface area contributed by atoms with Crippen LogP contribution >= 0.6 is 0 Å². The largest absolute Gasteiger partial charge is 0.508 e. The van der Waals surface area contributed by atoms with E-state index in [1.807, 2.05) is 13.8 Å². The molecule has 0 heterocycles. The van der Waals surface area contributed by atoms with Crippen LogP contribution in [0.5, 0.6) is 5.75 Å². The maximum atomic E-state index is 11.3. The summed E-state index contributed by atoms with van der Waals surface area (Å²) >= 11 is 0. The van der Waals surface area contributed by atoms with Crippen molar-refractivity contribution in [1.29, 1.82) is 0 Å². The van der Waals surface area contributed by atoms with Gasteiger partial charge in [0.2, 0.25) is 0 Å². The molecule has 3 heteroatoms. The minimum absolute atomic E-state index is 0.227. The Hall–Kier alpha value is -1.51. The van der Waals surface area contributed by atoms with E-state index in [1.165, 1.54) is 0 Å². The molecule has 0 aliphatic rings. The Morgan fingerprint density at radius 2 is 1.87 bits per heavy atom. The predicted octanol–water partition coefficient (Wildman–Crippen LogP) is 2.11. The smallest absolute Gasteiger partial charge is 0.310 e. The molecule has 15 heavy (non-hydrogen) atoms. The van der Waals surface area contributed by atoms with Crippen LogP contribution in [0.4, 0.5) is 0 Å². The fourth-order valence-corrected chi connectivity index (χ4v) is 1.61. The SMILES string of the molecule is CCOC(=O)Cc1c(C)cc(O)cc1C. The minimum atomic E-state index is -0.227. The van der Waals surface area contributed by atoms with E-state index in [2.05, 4.69) is 0 Å². The number of aryl methyl sites for hydroxylation is 2. The molecule has 0 spiro atoms. The van der Waals surface area contributed by atoms with Crippen molar-refractivity contribution in [3.05, 3.63) is 28.8 Å². The first-order valence-corrected chi connectivity index (χ1v) is 4.99. The van der Waals surface area contributed by atoms with E-state index < -0.39 is 0 Å². The van der Waals surface area contributed by atoms with Gasteiger partial charge < -0.3 is 9.84 Å². The highest BCUT2D eigenvalue weighted by molar-refractivity contribution is 5.73. The molecule has 0 aliphatic carbocycles. The van der Waals surface area contributed by atoms with Gasteiger partial charge in [0.25, 0.3) is 0 Å². The zero-order chi connectivity index (χ0) is 11.4. The van der Waals surface area contributed by atoms with Gasteiger partial charge in [-0.05, 0) is 49.6 Å². The zero-order valence-electron chi connectivity index (χ0n) is 9.33. The Morgan fingerprint density at radius 3 is 2.33 bits per heavy atom. The third-order valence-electron chi connectivity index (χ3n) is 2.31. The maximum absolute atomic E-state index is 11.3. The van der Waals surface area contributed by atoms with Gasteiger partial charge in [0, 0.05) is 0 Å². The van der Waals surface area contributed by atoms with Crippen molar-refractivity contribution < 1.29 is 14.6 Å². The van der Waals surface area contributed by atoms with E-state index in [-0.39, 0.29) is 18.1 Å². The second kappa shape index (κ2) is 4.82. The standard InChI is InChI=1S/C12H16O3/c1-4-15-12(14)7-11-8(2)5-10(13)6-9(11)3/h5-6,13H,4,7H2,1-3H3. The number of carbonyl (C=O) groups excluding carboxylic acids is 1. The van der Waals surface area contributed by atoms with E-state index in [9.17, 15) is 9.90 Å². The number of phenols is 1. The third kappa shape index (κ3) is 2.98. The third-order valence-corrected chi connectivity index (χ3v) is 2.31. The lowest BCUT2D eigenvalue weighted by Gasteiger charge is -2.09. The number of ether oxygens (including phenoxy) is 1. The van der Waals surface area contributed by atoms with Crippen LogP contribution in [-0.2, 0) is 16.0 Å². The van der Waals surface area contributed by atoms with Crippen LogP contribution in [-0.4, -0.2) is 17.7 Å². The van der Waals surface area contributed by atoms with Crippen molar-refractivity contribution in [2.45, 2.75) is 27.2 Å². The number of rotatable bonds is 3.